The van der Waals surface area contributed by atoms with Crippen LogP contribution in [0.15, 0.2) is 53.0 Å². The van der Waals surface area contributed by atoms with Gasteiger partial charge in [-0.2, -0.15) is 0 Å². The number of ether oxygens (including phenoxy) is 2. The Balaban J connectivity index is 2.32. The molecule has 0 fully saturated rings. The molecule has 0 N–H and O–H groups in total. The fraction of sp³-hybridized carbons (Fsp3) is 0.176. The number of rotatable bonds is 5. The largest absolute Gasteiger partial charge is 0.494 e. The van der Waals surface area contributed by atoms with E-state index in [4.69, 9.17) is 4.74 Å². The number of azo groups is 1. The fourth-order valence-electron chi connectivity index (χ4n) is 1.83. The van der Waals surface area contributed by atoms with Gasteiger partial charge in [0, 0.05) is 24.0 Å². The first-order valence-corrected chi connectivity index (χ1v) is 6.90. The van der Waals surface area contributed by atoms with Crippen LogP contribution in [0.1, 0.15) is 11.1 Å². The van der Waals surface area contributed by atoms with Gasteiger partial charge in [0.25, 0.3) is 0 Å². The first-order valence-electron chi connectivity index (χ1n) is 6.90. The van der Waals surface area contributed by atoms with Crippen LogP contribution in [-0.4, -0.2) is 25.2 Å². The molecule has 0 saturated carbocycles. The highest BCUT2D eigenvalue weighted by molar-refractivity contribution is 5.87. The van der Waals surface area contributed by atoms with Crippen molar-refractivity contribution in [2.24, 2.45) is 10.2 Å². The van der Waals surface area contributed by atoms with Crippen LogP contribution in [0.25, 0.3) is 6.08 Å². The first-order chi connectivity index (χ1) is 11.1. The fourth-order valence-corrected chi connectivity index (χ4v) is 1.83. The monoisotopic (exact) mass is 311 g/mol. The standard InChI is InChI=1S/C17H17N3O3/c1-12-4-6-16(22-2)15(10-12)20-19-14-8-9-18-11-13(14)5-7-17(21)23-3/h4-11H,1-3H3/b7-5+,20-19?. The maximum Gasteiger partial charge on any atom is 0.330 e. The molecule has 0 bridgehead atoms. The zero-order chi connectivity index (χ0) is 16.7. The number of esters is 1. The van der Waals surface area contributed by atoms with Crippen LogP contribution in [0.3, 0.4) is 0 Å². The third-order valence-corrected chi connectivity index (χ3v) is 3.03. The Hall–Kier alpha value is -3.02. The van der Waals surface area contributed by atoms with Gasteiger partial charge in [-0.1, -0.05) is 6.07 Å². The van der Waals surface area contributed by atoms with E-state index in [0.29, 0.717) is 22.7 Å². The van der Waals surface area contributed by atoms with E-state index in [1.165, 1.54) is 13.2 Å². The molecule has 1 aromatic carbocycles. The molecule has 0 spiro atoms. The van der Waals surface area contributed by atoms with E-state index in [-0.39, 0.29) is 0 Å². The van der Waals surface area contributed by atoms with Crippen LogP contribution in [0.2, 0.25) is 0 Å². The lowest BCUT2D eigenvalue weighted by Gasteiger charge is -2.04. The number of hydrogen-bond acceptors (Lipinski definition) is 6. The van der Waals surface area contributed by atoms with Gasteiger partial charge in [-0.25, -0.2) is 4.79 Å². The van der Waals surface area contributed by atoms with Crippen molar-refractivity contribution in [3.05, 3.63) is 53.9 Å². The topological polar surface area (TPSA) is 73.1 Å². The summed E-state index contributed by atoms with van der Waals surface area (Å²) in [7, 11) is 2.90. The molecular formula is C17H17N3O3. The molecule has 1 heterocycles. The molecule has 2 rings (SSSR count). The summed E-state index contributed by atoms with van der Waals surface area (Å²) in [5, 5.41) is 8.47. The van der Waals surface area contributed by atoms with Crippen LogP contribution in [0.4, 0.5) is 11.4 Å². The Morgan fingerprint density at radius 1 is 1.17 bits per heavy atom. The second-order valence-corrected chi connectivity index (χ2v) is 4.67. The minimum absolute atomic E-state index is 0.447. The van der Waals surface area contributed by atoms with E-state index in [2.05, 4.69) is 19.9 Å². The van der Waals surface area contributed by atoms with Crippen molar-refractivity contribution < 1.29 is 14.3 Å². The van der Waals surface area contributed by atoms with E-state index in [0.717, 1.165) is 5.56 Å². The minimum Gasteiger partial charge on any atom is -0.494 e. The number of aromatic nitrogens is 1. The number of nitrogens with zero attached hydrogens (tertiary/aromatic N) is 3. The van der Waals surface area contributed by atoms with Gasteiger partial charge in [0.1, 0.15) is 11.4 Å². The van der Waals surface area contributed by atoms with E-state index in [1.54, 1.807) is 31.6 Å². The van der Waals surface area contributed by atoms with Gasteiger partial charge in [0.05, 0.1) is 19.9 Å². The lowest BCUT2D eigenvalue weighted by atomic mass is 10.2. The van der Waals surface area contributed by atoms with Gasteiger partial charge in [-0.15, -0.1) is 10.2 Å². The Morgan fingerprint density at radius 3 is 2.70 bits per heavy atom. The quantitative estimate of drug-likeness (QED) is 0.475. The van der Waals surface area contributed by atoms with Gasteiger partial charge in [-0.05, 0) is 36.8 Å². The predicted octanol–water partition coefficient (Wildman–Crippen LogP) is 4.00. The van der Waals surface area contributed by atoms with Crippen molar-refractivity contribution in [1.82, 2.24) is 4.98 Å². The zero-order valence-electron chi connectivity index (χ0n) is 13.2. The Labute approximate surface area is 134 Å². The number of benzene rings is 1. The summed E-state index contributed by atoms with van der Waals surface area (Å²) in [5.41, 5.74) is 2.93. The molecule has 0 radical (unpaired) electrons. The van der Waals surface area contributed by atoms with E-state index in [9.17, 15) is 4.79 Å². The average molecular weight is 311 g/mol. The third-order valence-electron chi connectivity index (χ3n) is 3.03. The molecule has 0 amide bonds. The van der Waals surface area contributed by atoms with Crippen LogP contribution in [0, 0.1) is 6.92 Å². The SMILES string of the molecule is COC(=O)/C=C/c1cnccc1N=Nc1cc(C)ccc1OC. The van der Waals surface area contributed by atoms with Crippen molar-refractivity contribution in [2.45, 2.75) is 6.92 Å². The molecular weight excluding hydrogens is 294 g/mol. The van der Waals surface area contributed by atoms with Crippen molar-refractivity contribution >= 4 is 23.4 Å². The molecule has 0 aliphatic carbocycles. The second kappa shape index (κ2) is 7.84. The number of pyridine rings is 1. The lowest BCUT2D eigenvalue weighted by Crippen LogP contribution is -1.93. The summed E-state index contributed by atoms with van der Waals surface area (Å²) in [6.07, 6.45) is 6.10. The molecule has 6 heteroatoms. The predicted molar refractivity (Wildman–Crippen MR) is 87.2 cm³/mol. The van der Waals surface area contributed by atoms with Crippen LogP contribution >= 0.6 is 0 Å². The summed E-state index contributed by atoms with van der Waals surface area (Å²) < 4.78 is 9.84. The maximum atomic E-state index is 11.2. The van der Waals surface area contributed by atoms with Crippen molar-refractivity contribution in [3.8, 4) is 5.75 Å². The van der Waals surface area contributed by atoms with Gasteiger partial charge in [-0.3, -0.25) is 4.98 Å². The van der Waals surface area contributed by atoms with Crippen molar-refractivity contribution in [2.75, 3.05) is 14.2 Å². The lowest BCUT2D eigenvalue weighted by molar-refractivity contribution is -0.134. The molecule has 6 nitrogen and oxygen atoms in total. The molecule has 0 aliphatic rings. The molecule has 0 saturated heterocycles. The highest BCUT2D eigenvalue weighted by atomic mass is 16.5. The summed E-state index contributed by atoms with van der Waals surface area (Å²) >= 11 is 0. The third kappa shape index (κ3) is 4.47. The molecule has 0 aliphatic heterocycles. The normalized spacial score (nSPS) is 11.1. The van der Waals surface area contributed by atoms with Gasteiger partial charge in [0.15, 0.2) is 0 Å². The Morgan fingerprint density at radius 2 is 1.96 bits per heavy atom. The minimum atomic E-state index is -0.447. The summed E-state index contributed by atoms with van der Waals surface area (Å²) in [5.74, 6) is 0.192. The Kier molecular flexibility index (Phi) is 5.57. The van der Waals surface area contributed by atoms with Crippen molar-refractivity contribution in [3.63, 3.8) is 0 Å². The molecule has 23 heavy (non-hydrogen) atoms. The molecule has 0 unspecified atom stereocenters. The second-order valence-electron chi connectivity index (χ2n) is 4.67. The van der Waals surface area contributed by atoms with E-state index < -0.39 is 5.97 Å². The van der Waals surface area contributed by atoms with Gasteiger partial charge < -0.3 is 9.47 Å². The summed E-state index contributed by atoms with van der Waals surface area (Å²) in [6.45, 7) is 1.97. The zero-order valence-corrected chi connectivity index (χ0v) is 13.2. The molecule has 2 aromatic rings. The number of aryl methyl sites for hydroxylation is 1. The number of methoxy groups -OCH3 is 2. The molecule has 0 atom stereocenters. The highest BCUT2D eigenvalue weighted by Gasteiger charge is 2.03. The smallest absolute Gasteiger partial charge is 0.330 e. The van der Waals surface area contributed by atoms with Crippen molar-refractivity contribution in [1.29, 1.82) is 0 Å². The van der Waals surface area contributed by atoms with E-state index in [1.807, 2.05) is 25.1 Å². The highest BCUT2D eigenvalue weighted by Crippen LogP contribution is 2.30. The number of carbonyl (C=O) groups is 1. The van der Waals surface area contributed by atoms with E-state index >= 15 is 0 Å². The summed E-state index contributed by atoms with van der Waals surface area (Å²) in [6, 6.07) is 7.37. The van der Waals surface area contributed by atoms with Crippen LogP contribution < -0.4 is 4.74 Å². The van der Waals surface area contributed by atoms with Gasteiger partial charge in [0.2, 0.25) is 0 Å². The van der Waals surface area contributed by atoms with Crippen LogP contribution in [-0.2, 0) is 9.53 Å². The maximum absolute atomic E-state index is 11.2. The molecule has 118 valence electrons. The first kappa shape index (κ1) is 16.4. The number of hydrogen-bond donors (Lipinski definition) is 0. The molecule has 1 aromatic heterocycles. The summed E-state index contributed by atoms with van der Waals surface area (Å²) in [4.78, 5) is 15.2. The van der Waals surface area contributed by atoms with Gasteiger partial charge >= 0.3 is 5.97 Å². The Bertz CT molecular complexity index is 754. The van der Waals surface area contributed by atoms with Crippen LogP contribution in [0.5, 0.6) is 5.75 Å². The number of carbonyl (C=O) groups excluding carboxylic acids is 1. The average Bonchev–Trinajstić information content (AvgIpc) is 2.58.